The maximum absolute atomic E-state index is 13.9. The van der Waals surface area contributed by atoms with Crippen LogP contribution in [0.1, 0.15) is 24.8 Å². The number of allylic oxidation sites excluding steroid dienone is 3. The van der Waals surface area contributed by atoms with Crippen LogP contribution in [-0.4, -0.2) is 62.0 Å². The molecule has 1 aromatic rings. The number of nitrogens with zero attached hydrogens (tertiary/aromatic N) is 2. The van der Waals surface area contributed by atoms with Crippen LogP contribution in [-0.2, 0) is 11.2 Å². The predicted molar refractivity (Wildman–Crippen MR) is 126 cm³/mol. The fourth-order valence-corrected chi connectivity index (χ4v) is 4.17. The number of likely N-dealkylation sites (N-methyl/N-ethyl adjacent to an activating group) is 1. The fourth-order valence-electron chi connectivity index (χ4n) is 3.93. The number of nitrogens with one attached hydrogen (secondary N) is 1. The maximum atomic E-state index is 13.9. The number of alkyl halides is 3. The van der Waals surface area contributed by atoms with E-state index in [1.165, 1.54) is 37.5 Å². The van der Waals surface area contributed by atoms with Crippen LogP contribution < -0.4 is 5.32 Å². The van der Waals surface area contributed by atoms with Gasteiger partial charge >= 0.3 is 6.18 Å². The molecule has 2 rings (SSSR count). The van der Waals surface area contributed by atoms with Gasteiger partial charge in [-0.3, -0.25) is 9.79 Å². The summed E-state index contributed by atoms with van der Waals surface area (Å²) in [6.07, 6.45) is -0.245. The second-order valence-electron chi connectivity index (χ2n) is 8.75. The number of amides is 1. The van der Waals surface area contributed by atoms with Gasteiger partial charge in [-0.25, -0.2) is 4.39 Å². The number of hydrogen-bond donors (Lipinski definition) is 2. The lowest BCUT2D eigenvalue weighted by molar-refractivity contribution is -0.199. The van der Waals surface area contributed by atoms with Crippen molar-refractivity contribution in [3.8, 4) is 5.75 Å². The molecule has 188 valence electrons. The van der Waals surface area contributed by atoms with Gasteiger partial charge in [0.05, 0.1) is 10.4 Å². The molecule has 0 bridgehead atoms. The summed E-state index contributed by atoms with van der Waals surface area (Å²) < 4.78 is 55.4. The molecule has 1 amide bonds. The third kappa shape index (κ3) is 6.60. The zero-order chi connectivity index (χ0) is 25.7. The lowest BCUT2D eigenvalue weighted by Gasteiger charge is -2.30. The van der Waals surface area contributed by atoms with Crippen LogP contribution >= 0.6 is 11.6 Å². The molecule has 0 aliphatic heterocycles. The second-order valence-corrected chi connectivity index (χ2v) is 9.13. The van der Waals surface area contributed by atoms with Crippen molar-refractivity contribution in [2.45, 2.75) is 37.9 Å². The van der Waals surface area contributed by atoms with Gasteiger partial charge in [0.25, 0.3) is 0 Å². The molecule has 10 heteroatoms. The van der Waals surface area contributed by atoms with Gasteiger partial charge in [-0.2, -0.15) is 13.2 Å². The van der Waals surface area contributed by atoms with Crippen LogP contribution in [0.15, 0.2) is 41.4 Å². The second kappa shape index (κ2) is 11.4. The third-order valence-corrected chi connectivity index (χ3v) is 6.67. The number of phenols is 1. The Hall–Kier alpha value is -2.39. The lowest BCUT2D eigenvalue weighted by atomic mass is 9.80. The van der Waals surface area contributed by atoms with Gasteiger partial charge in [-0.15, -0.1) is 0 Å². The number of phenolic OH excluding ortho intramolecular Hbond substituents is 1. The molecule has 1 saturated carbocycles. The first-order valence-corrected chi connectivity index (χ1v) is 11.1. The number of aromatic hydroxyl groups is 1. The maximum Gasteiger partial charge on any atom is 0.395 e. The van der Waals surface area contributed by atoms with Crippen molar-refractivity contribution >= 4 is 23.7 Å². The molecule has 1 aliphatic carbocycles. The average Bonchev–Trinajstić information content (AvgIpc) is 3.56. The Labute approximate surface area is 202 Å². The monoisotopic (exact) mass is 503 g/mol. The number of benzene rings is 1. The number of halogens is 5. The number of hydrogen-bond acceptors (Lipinski definition) is 4. The van der Waals surface area contributed by atoms with E-state index in [2.05, 4.69) is 16.9 Å². The van der Waals surface area contributed by atoms with E-state index < -0.39 is 35.0 Å². The van der Waals surface area contributed by atoms with Crippen molar-refractivity contribution in [3.05, 3.63) is 52.8 Å². The van der Waals surface area contributed by atoms with Gasteiger partial charge in [-0.05, 0) is 51.1 Å². The molecular weight excluding hydrogens is 474 g/mol. The number of carbonyl (C=O) groups is 1. The van der Waals surface area contributed by atoms with Crippen LogP contribution in [0.3, 0.4) is 0 Å². The molecule has 1 aliphatic rings. The highest BCUT2D eigenvalue weighted by atomic mass is 35.5. The fraction of sp³-hybridized carbons (Fsp3) is 0.500. The van der Waals surface area contributed by atoms with E-state index in [-0.39, 0.29) is 48.9 Å². The zero-order valence-corrected chi connectivity index (χ0v) is 20.2. The summed E-state index contributed by atoms with van der Waals surface area (Å²) in [5.41, 5.74) is -1.29. The zero-order valence-electron chi connectivity index (χ0n) is 19.4. The third-order valence-electron chi connectivity index (χ3n) is 6.27. The van der Waals surface area contributed by atoms with Crippen LogP contribution in [0.5, 0.6) is 5.75 Å². The van der Waals surface area contributed by atoms with Crippen LogP contribution in [0.4, 0.5) is 17.6 Å². The first-order valence-electron chi connectivity index (χ1n) is 10.8. The van der Waals surface area contributed by atoms with Gasteiger partial charge in [0.2, 0.25) is 5.91 Å². The van der Waals surface area contributed by atoms with E-state index in [4.69, 9.17) is 11.6 Å². The standard InChI is InChI=1S/C24H30ClF4N3O2/c1-15(6-5-11-30-2)18(23(9-10-23)24(27,28)29)13-20(34)31-14-17(32(3)4)12-16-7-8-19(33)22(26)21(16)25/h5-8,11,17-18,33H,1,9-10,12-14H2,2-4H3,(H,31,34)/b6-5-,30-11-/t17-,18-/m0/s1. The lowest BCUT2D eigenvalue weighted by Crippen LogP contribution is -2.43. The smallest absolute Gasteiger partial charge is 0.395 e. The number of aliphatic imine (C=N–C) groups is 1. The Bertz CT molecular complexity index is 956. The van der Waals surface area contributed by atoms with Crippen molar-refractivity contribution in [1.82, 2.24) is 10.2 Å². The minimum atomic E-state index is -4.45. The molecule has 0 aromatic heterocycles. The molecular formula is C24H30ClF4N3O2. The number of carbonyl (C=O) groups excluding carboxylic acids is 1. The van der Waals surface area contributed by atoms with E-state index in [1.54, 1.807) is 19.0 Å². The quantitative estimate of drug-likeness (QED) is 0.255. The highest BCUT2D eigenvalue weighted by Gasteiger charge is 2.67. The molecule has 34 heavy (non-hydrogen) atoms. The molecule has 2 N–H and O–H groups in total. The van der Waals surface area contributed by atoms with E-state index in [0.717, 1.165) is 0 Å². The summed E-state index contributed by atoms with van der Waals surface area (Å²) in [7, 11) is 5.06. The van der Waals surface area contributed by atoms with E-state index in [1.807, 2.05) is 0 Å². The van der Waals surface area contributed by atoms with Crippen LogP contribution in [0.25, 0.3) is 0 Å². The Kier molecular flexibility index (Phi) is 9.30. The molecule has 0 heterocycles. The van der Waals surface area contributed by atoms with Crippen molar-refractivity contribution in [2.75, 3.05) is 27.7 Å². The van der Waals surface area contributed by atoms with Gasteiger partial charge < -0.3 is 15.3 Å². The van der Waals surface area contributed by atoms with Gasteiger partial charge in [0.15, 0.2) is 11.6 Å². The number of rotatable bonds is 11. The topological polar surface area (TPSA) is 64.9 Å². The van der Waals surface area contributed by atoms with Crippen molar-refractivity contribution in [3.63, 3.8) is 0 Å². The van der Waals surface area contributed by atoms with Crippen molar-refractivity contribution in [2.24, 2.45) is 16.3 Å². The van der Waals surface area contributed by atoms with Crippen LogP contribution in [0.2, 0.25) is 5.02 Å². The van der Waals surface area contributed by atoms with Crippen molar-refractivity contribution < 1.29 is 27.5 Å². The predicted octanol–water partition coefficient (Wildman–Crippen LogP) is 4.94. The molecule has 5 nitrogen and oxygen atoms in total. The first-order chi connectivity index (χ1) is 15.8. The molecule has 0 saturated heterocycles. The van der Waals surface area contributed by atoms with Gasteiger partial charge in [0.1, 0.15) is 0 Å². The SMILES string of the molecule is C=C(/C=C\C=N/C)[C@H](CC(=O)NC[C@H](Cc1ccc(O)c(F)c1Cl)N(C)C)C1(C(F)(F)F)CC1. The Balaban J connectivity index is 2.12. The Morgan fingerprint density at radius 2 is 2.03 bits per heavy atom. The van der Waals surface area contributed by atoms with E-state index in [9.17, 15) is 27.5 Å². The molecule has 0 radical (unpaired) electrons. The molecule has 1 aromatic carbocycles. The minimum Gasteiger partial charge on any atom is -0.505 e. The highest BCUT2D eigenvalue weighted by molar-refractivity contribution is 6.31. The summed E-state index contributed by atoms with van der Waals surface area (Å²) in [6, 6.07) is 2.37. The summed E-state index contributed by atoms with van der Waals surface area (Å²) in [4.78, 5) is 18.3. The summed E-state index contributed by atoms with van der Waals surface area (Å²) >= 11 is 5.99. The summed E-state index contributed by atoms with van der Waals surface area (Å²) in [5, 5.41) is 11.9. The first kappa shape index (κ1) is 27.9. The average molecular weight is 504 g/mol. The summed E-state index contributed by atoms with van der Waals surface area (Å²) in [6.45, 7) is 3.91. The molecule has 0 spiro atoms. The highest BCUT2D eigenvalue weighted by Crippen LogP contribution is 2.64. The Morgan fingerprint density at radius 3 is 2.56 bits per heavy atom. The van der Waals surface area contributed by atoms with Crippen LogP contribution in [0, 0.1) is 17.2 Å². The largest absolute Gasteiger partial charge is 0.505 e. The van der Waals surface area contributed by atoms with Gasteiger partial charge in [-0.1, -0.05) is 35.9 Å². The van der Waals surface area contributed by atoms with Crippen molar-refractivity contribution in [1.29, 1.82) is 0 Å². The molecule has 2 atom stereocenters. The molecule has 1 fully saturated rings. The van der Waals surface area contributed by atoms with Gasteiger partial charge in [0, 0.05) is 38.2 Å². The minimum absolute atomic E-state index is 0.0472. The summed E-state index contributed by atoms with van der Waals surface area (Å²) in [5.74, 6) is -3.11. The molecule has 0 unspecified atom stereocenters. The normalized spacial score (nSPS) is 17.3. The van der Waals surface area contributed by atoms with E-state index >= 15 is 0 Å². The Morgan fingerprint density at radius 1 is 1.38 bits per heavy atom. The van der Waals surface area contributed by atoms with E-state index in [0.29, 0.717) is 5.56 Å².